The van der Waals surface area contributed by atoms with Crippen molar-refractivity contribution in [1.82, 2.24) is 0 Å². The maximum absolute atomic E-state index is 10.4. The van der Waals surface area contributed by atoms with Gasteiger partial charge in [-0.2, -0.15) is 0 Å². The van der Waals surface area contributed by atoms with Crippen LogP contribution in [-0.2, 0) is 12.8 Å². The van der Waals surface area contributed by atoms with E-state index in [1.165, 1.54) is 25.7 Å². The number of hydrogen-bond acceptors (Lipinski definition) is 1. The summed E-state index contributed by atoms with van der Waals surface area (Å²) in [5.74, 6) is -0.379. The molecule has 1 amide bonds. The van der Waals surface area contributed by atoms with Crippen LogP contribution in [0.15, 0.2) is 54.6 Å². The van der Waals surface area contributed by atoms with Crippen LogP contribution in [0.1, 0.15) is 34.3 Å². The van der Waals surface area contributed by atoms with E-state index in [1.807, 2.05) is 6.07 Å². The Bertz CT molecular complexity index is 509. The molecule has 0 bridgehead atoms. The van der Waals surface area contributed by atoms with Crippen LogP contribution in [0.25, 0.3) is 0 Å². The molecule has 98 valence electrons. The zero-order valence-corrected chi connectivity index (χ0v) is 11.0. The molecule has 0 saturated heterocycles. The van der Waals surface area contributed by atoms with E-state index in [1.54, 1.807) is 35.4 Å². The first kappa shape index (κ1) is 13.3. The summed E-state index contributed by atoms with van der Waals surface area (Å²) >= 11 is 0. The van der Waals surface area contributed by atoms with E-state index >= 15 is 0 Å². The Morgan fingerprint density at radius 1 is 0.789 bits per heavy atom. The first-order valence-corrected chi connectivity index (χ1v) is 6.69. The molecule has 0 atom stereocenters. The second kappa shape index (κ2) is 6.74. The summed E-state index contributed by atoms with van der Waals surface area (Å²) in [6.45, 7) is 0. The van der Waals surface area contributed by atoms with Crippen molar-refractivity contribution in [1.29, 1.82) is 0 Å². The van der Waals surface area contributed by atoms with Crippen LogP contribution < -0.4 is 5.73 Å². The first-order valence-electron chi connectivity index (χ1n) is 6.69. The summed E-state index contributed by atoms with van der Waals surface area (Å²) in [6.07, 6.45) is 5.38. The Morgan fingerprint density at radius 3 is 1.68 bits per heavy atom. The highest BCUT2D eigenvalue weighted by molar-refractivity contribution is 5.92. The van der Waals surface area contributed by atoms with Crippen LogP contribution in [0.4, 0.5) is 0 Å². The van der Waals surface area contributed by atoms with E-state index in [2.05, 4.69) is 24.3 Å². The summed E-state index contributed by atoms with van der Waals surface area (Å²) < 4.78 is 0. The van der Waals surface area contributed by atoms with Crippen LogP contribution in [0.3, 0.4) is 0 Å². The number of carbonyl (C=O) groups excluding carboxylic acids is 1. The third-order valence-corrected chi connectivity index (χ3v) is 3.32. The molecule has 2 nitrogen and oxygen atoms in total. The van der Waals surface area contributed by atoms with Gasteiger partial charge in [-0.15, -0.1) is 0 Å². The molecule has 0 saturated carbocycles. The van der Waals surface area contributed by atoms with Crippen molar-refractivity contribution in [3.05, 3.63) is 71.3 Å². The van der Waals surface area contributed by atoms with Crippen LogP contribution in [-0.4, -0.2) is 5.91 Å². The summed E-state index contributed by atoms with van der Waals surface area (Å²) in [7, 11) is 0. The van der Waals surface area contributed by atoms with Crippen molar-refractivity contribution >= 4 is 5.91 Å². The van der Waals surface area contributed by atoms with Gasteiger partial charge in [0.15, 0.2) is 0 Å². The highest BCUT2D eigenvalue weighted by Crippen LogP contribution is 2.19. The molecule has 0 radical (unpaired) electrons. The molecule has 2 aromatic carbocycles. The number of fused-ring (bicyclic) bond motifs is 1. The fourth-order valence-electron chi connectivity index (χ4n) is 2.28. The number of rotatable bonds is 1. The minimum absolute atomic E-state index is 0.379. The van der Waals surface area contributed by atoms with Gasteiger partial charge < -0.3 is 5.73 Å². The number of hydrogen-bond donors (Lipinski definition) is 1. The lowest BCUT2D eigenvalue weighted by Gasteiger charge is -2.13. The maximum atomic E-state index is 10.4. The smallest absolute Gasteiger partial charge is 0.248 e. The van der Waals surface area contributed by atoms with Crippen molar-refractivity contribution in [2.24, 2.45) is 5.73 Å². The second-order valence-corrected chi connectivity index (χ2v) is 4.71. The molecule has 2 aromatic rings. The molecule has 2 N–H and O–H groups in total. The van der Waals surface area contributed by atoms with Gasteiger partial charge in [-0.25, -0.2) is 0 Å². The van der Waals surface area contributed by atoms with Crippen molar-refractivity contribution in [2.75, 3.05) is 0 Å². The van der Waals surface area contributed by atoms with E-state index < -0.39 is 0 Å². The highest BCUT2D eigenvalue weighted by Gasteiger charge is 2.05. The van der Waals surface area contributed by atoms with Crippen LogP contribution in [0, 0.1) is 0 Å². The highest BCUT2D eigenvalue weighted by atomic mass is 16.1. The lowest BCUT2D eigenvalue weighted by Crippen LogP contribution is -2.09. The Kier molecular flexibility index (Phi) is 4.73. The lowest BCUT2D eigenvalue weighted by molar-refractivity contribution is 0.100. The predicted molar refractivity (Wildman–Crippen MR) is 78.0 cm³/mol. The van der Waals surface area contributed by atoms with Crippen molar-refractivity contribution in [3.63, 3.8) is 0 Å². The second-order valence-electron chi connectivity index (χ2n) is 4.71. The Balaban J connectivity index is 0.000000141. The van der Waals surface area contributed by atoms with Gasteiger partial charge in [0, 0.05) is 5.56 Å². The zero-order chi connectivity index (χ0) is 13.5. The van der Waals surface area contributed by atoms with E-state index in [0.29, 0.717) is 5.56 Å². The predicted octanol–water partition coefficient (Wildman–Crippen LogP) is 3.35. The SMILES string of the molecule is NC(=O)c1ccccc1.c1ccc2c(c1)CCCC2. The number of nitrogens with two attached hydrogens (primary N) is 1. The zero-order valence-electron chi connectivity index (χ0n) is 11.0. The third-order valence-electron chi connectivity index (χ3n) is 3.32. The van der Waals surface area contributed by atoms with Gasteiger partial charge in [-0.3, -0.25) is 4.79 Å². The molecule has 0 fully saturated rings. The van der Waals surface area contributed by atoms with Gasteiger partial charge in [-0.1, -0.05) is 42.5 Å². The molecule has 3 rings (SSSR count). The maximum Gasteiger partial charge on any atom is 0.248 e. The minimum atomic E-state index is -0.379. The number of aryl methyl sites for hydroxylation is 2. The molecule has 19 heavy (non-hydrogen) atoms. The molecule has 0 spiro atoms. The minimum Gasteiger partial charge on any atom is -0.366 e. The molecule has 1 aliphatic carbocycles. The fourth-order valence-corrected chi connectivity index (χ4v) is 2.28. The van der Waals surface area contributed by atoms with Crippen LogP contribution in [0.2, 0.25) is 0 Å². The quantitative estimate of drug-likeness (QED) is 0.832. The van der Waals surface area contributed by atoms with Crippen molar-refractivity contribution < 1.29 is 4.79 Å². The van der Waals surface area contributed by atoms with Gasteiger partial charge in [0.1, 0.15) is 0 Å². The average molecular weight is 253 g/mol. The van der Waals surface area contributed by atoms with Gasteiger partial charge in [0.25, 0.3) is 0 Å². The number of carbonyl (C=O) groups is 1. The standard InChI is InChI=1S/C10H12.C7H7NO/c1-2-6-10-8-4-3-7-9(10)5-1;8-7(9)6-4-2-1-3-5-6/h1-2,5-6H,3-4,7-8H2;1-5H,(H2,8,9). The molecule has 2 heteroatoms. The molecule has 1 aliphatic rings. The van der Waals surface area contributed by atoms with Gasteiger partial charge in [0.2, 0.25) is 5.91 Å². The molecular weight excluding hydrogens is 234 g/mol. The third kappa shape index (κ3) is 3.95. The molecule has 0 unspecified atom stereocenters. The normalized spacial score (nSPS) is 12.8. The fraction of sp³-hybridized carbons (Fsp3) is 0.235. The Hall–Kier alpha value is -2.09. The number of primary amides is 1. The van der Waals surface area contributed by atoms with Gasteiger partial charge in [-0.05, 0) is 48.9 Å². The van der Waals surface area contributed by atoms with Gasteiger partial charge in [0.05, 0.1) is 0 Å². The van der Waals surface area contributed by atoms with Crippen molar-refractivity contribution in [2.45, 2.75) is 25.7 Å². The van der Waals surface area contributed by atoms with E-state index in [-0.39, 0.29) is 5.91 Å². The van der Waals surface area contributed by atoms with E-state index in [0.717, 1.165) is 0 Å². The van der Waals surface area contributed by atoms with Crippen LogP contribution >= 0.6 is 0 Å². The topological polar surface area (TPSA) is 43.1 Å². The number of benzene rings is 2. The average Bonchev–Trinajstić information content (AvgIpc) is 2.49. The Morgan fingerprint density at radius 2 is 1.26 bits per heavy atom. The summed E-state index contributed by atoms with van der Waals surface area (Å²) in [4.78, 5) is 10.4. The van der Waals surface area contributed by atoms with Gasteiger partial charge >= 0.3 is 0 Å². The van der Waals surface area contributed by atoms with E-state index in [9.17, 15) is 4.79 Å². The summed E-state index contributed by atoms with van der Waals surface area (Å²) in [5, 5.41) is 0. The molecule has 0 aliphatic heterocycles. The summed E-state index contributed by atoms with van der Waals surface area (Å²) in [6, 6.07) is 17.6. The Labute approximate surface area is 114 Å². The molecule has 0 heterocycles. The number of amides is 1. The molecular formula is C17H19NO. The van der Waals surface area contributed by atoms with Crippen molar-refractivity contribution in [3.8, 4) is 0 Å². The summed E-state index contributed by atoms with van der Waals surface area (Å²) in [5.41, 5.74) is 8.68. The molecule has 0 aromatic heterocycles. The lowest BCUT2D eigenvalue weighted by atomic mass is 9.92. The monoisotopic (exact) mass is 253 g/mol. The van der Waals surface area contributed by atoms with E-state index in [4.69, 9.17) is 5.73 Å². The largest absolute Gasteiger partial charge is 0.366 e. The first-order chi connectivity index (χ1) is 9.27. The van der Waals surface area contributed by atoms with Crippen LogP contribution in [0.5, 0.6) is 0 Å².